The number of anilines is 3. The number of para-hydroxylation sites is 1. The van der Waals surface area contributed by atoms with Crippen LogP contribution in [0.3, 0.4) is 0 Å². The van der Waals surface area contributed by atoms with Crippen molar-refractivity contribution in [1.29, 1.82) is 0 Å². The standard InChI is InChI=1S/C19H24N4O/c24-19(22-16-10-6-3-7-11-16)23-17-12-13-18(20-14-17)21-15-8-4-1-2-5-9-15/h3,6-7,10-15H,1-2,4-5,8-9H2,(H,20,21)(H2,22,23,24). The first-order chi connectivity index (χ1) is 11.8. The first-order valence-corrected chi connectivity index (χ1v) is 8.65. The molecular formula is C19H24N4O. The van der Waals surface area contributed by atoms with Gasteiger partial charge < -0.3 is 16.0 Å². The van der Waals surface area contributed by atoms with E-state index in [1.54, 1.807) is 6.20 Å². The first-order valence-electron chi connectivity index (χ1n) is 8.65. The number of carbonyl (C=O) groups is 1. The maximum absolute atomic E-state index is 12.0. The van der Waals surface area contributed by atoms with E-state index in [0.717, 1.165) is 11.5 Å². The quantitative estimate of drug-likeness (QED) is 0.704. The minimum atomic E-state index is -0.271. The van der Waals surface area contributed by atoms with E-state index in [1.807, 2.05) is 42.5 Å². The van der Waals surface area contributed by atoms with Crippen LogP contribution in [0.25, 0.3) is 0 Å². The topological polar surface area (TPSA) is 66.1 Å². The van der Waals surface area contributed by atoms with Crippen LogP contribution in [0.2, 0.25) is 0 Å². The van der Waals surface area contributed by atoms with Crippen molar-refractivity contribution in [2.24, 2.45) is 0 Å². The van der Waals surface area contributed by atoms with Crippen LogP contribution in [0.1, 0.15) is 38.5 Å². The molecule has 1 aromatic carbocycles. The van der Waals surface area contributed by atoms with Crippen LogP contribution in [0.5, 0.6) is 0 Å². The first kappa shape index (κ1) is 16.3. The molecule has 0 saturated heterocycles. The second kappa shape index (κ2) is 8.34. The Kier molecular flexibility index (Phi) is 5.66. The second-order valence-electron chi connectivity index (χ2n) is 6.21. The molecule has 5 heteroatoms. The van der Waals surface area contributed by atoms with E-state index in [1.165, 1.54) is 38.5 Å². The zero-order valence-electron chi connectivity index (χ0n) is 13.8. The van der Waals surface area contributed by atoms with Gasteiger partial charge >= 0.3 is 6.03 Å². The Bertz CT molecular complexity index is 634. The number of aromatic nitrogens is 1. The van der Waals surface area contributed by atoms with Crippen LogP contribution in [-0.4, -0.2) is 17.1 Å². The molecule has 3 N–H and O–H groups in total. The molecule has 1 aromatic heterocycles. The van der Waals surface area contributed by atoms with Gasteiger partial charge in [0.05, 0.1) is 11.9 Å². The van der Waals surface area contributed by atoms with Crippen molar-refractivity contribution in [2.75, 3.05) is 16.0 Å². The molecule has 2 aromatic rings. The molecule has 0 aliphatic heterocycles. The molecule has 0 radical (unpaired) electrons. The summed E-state index contributed by atoms with van der Waals surface area (Å²) < 4.78 is 0. The van der Waals surface area contributed by atoms with E-state index >= 15 is 0 Å². The molecule has 0 atom stereocenters. The summed E-state index contributed by atoms with van der Waals surface area (Å²) in [6.07, 6.45) is 9.36. The highest BCUT2D eigenvalue weighted by Gasteiger charge is 2.12. The summed E-state index contributed by atoms with van der Waals surface area (Å²) in [4.78, 5) is 16.4. The van der Waals surface area contributed by atoms with Gasteiger partial charge in [-0.3, -0.25) is 0 Å². The molecule has 1 fully saturated rings. The van der Waals surface area contributed by atoms with Gasteiger partial charge in [-0.25, -0.2) is 9.78 Å². The van der Waals surface area contributed by atoms with Crippen molar-refractivity contribution in [3.8, 4) is 0 Å². The fourth-order valence-electron chi connectivity index (χ4n) is 3.00. The summed E-state index contributed by atoms with van der Waals surface area (Å²) in [6.45, 7) is 0. The van der Waals surface area contributed by atoms with E-state index in [9.17, 15) is 4.79 Å². The molecule has 0 unspecified atom stereocenters. The van der Waals surface area contributed by atoms with Gasteiger partial charge in [0.2, 0.25) is 0 Å². The van der Waals surface area contributed by atoms with Gasteiger partial charge in [-0.15, -0.1) is 0 Å². The molecule has 0 spiro atoms. The number of amides is 2. The normalized spacial score (nSPS) is 15.3. The number of carbonyl (C=O) groups excluding carboxylic acids is 1. The van der Waals surface area contributed by atoms with Crippen molar-refractivity contribution < 1.29 is 4.79 Å². The van der Waals surface area contributed by atoms with E-state index in [0.29, 0.717) is 11.7 Å². The lowest BCUT2D eigenvalue weighted by molar-refractivity contribution is 0.262. The number of hydrogen-bond acceptors (Lipinski definition) is 3. The van der Waals surface area contributed by atoms with Crippen LogP contribution in [0, 0.1) is 0 Å². The van der Waals surface area contributed by atoms with Crippen LogP contribution < -0.4 is 16.0 Å². The van der Waals surface area contributed by atoms with Crippen LogP contribution in [0.4, 0.5) is 22.0 Å². The predicted octanol–water partition coefficient (Wildman–Crippen LogP) is 4.86. The SMILES string of the molecule is O=C(Nc1ccccc1)Nc1ccc(NC2CCCCCC2)nc1. The molecule has 1 aliphatic rings. The smallest absolute Gasteiger partial charge is 0.323 e. The number of nitrogens with one attached hydrogen (secondary N) is 3. The second-order valence-corrected chi connectivity index (χ2v) is 6.21. The van der Waals surface area contributed by atoms with Crippen molar-refractivity contribution >= 4 is 23.2 Å². The summed E-state index contributed by atoms with van der Waals surface area (Å²) >= 11 is 0. The Morgan fingerprint density at radius 2 is 1.58 bits per heavy atom. The average Bonchev–Trinajstić information content (AvgIpc) is 2.86. The molecule has 0 bridgehead atoms. The maximum Gasteiger partial charge on any atom is 0.323 e. The molecular weight excluding hydrogens is 300 g/mol. The lowest BCUT2D eigenvalue weighted by Gasteiger charge is -2.17. The van der Waals surface area contributed by atoms with Crippen molar-refractivity contribution in [2.45, 2.75) is 44.6 Å². The van der Waals surface area contributed by atoms with Gasteiger partial charge in [0, 0.05) is 11.7 Å². The number of urea groups is 1. The Morgan fingerprint density at radius 1 is 0.875 bits per heavy atom. The molecule has 24 heavy (non-hydrogen) atoms. The number of pyridine rings is 1. The summed E-state index contributed by atoms with van der Waals surface area (Å²) in [7, 11) is 0. The largest absolute Gasteiger partial charge is 0.367 e. The van der Waals surface area contributed by atoms with E-state index < -0.39 is 0 Å². The minimum absolute atomic E-state index is 0.271. The van der Waals surface area contributed by atoms with Gasteiger partial charge in [0.1, 0.15) is 5.82 Å². The summed E-state index contributed by atoms with van der Waals surface area (Å²) in [5.41, 5.74) is 1.43. The van der Waals surface area contributed by atoms with Crippen LogP contribution in [-0.2, 0) is 0 Å². The fraction of sp³-hybridized carbons (Fsp3) is 0.368. The third kappa shape index (κ3) is 4.98. The van der Waals surface area contributed by atoms with Crippen LogP contribution in [0.15, 0.2) is 48.7 Å². The van der Waals surface area contributed by atoms with Crippen molar-refractivity contribution in [3.05, 3.63) is 48.7 Å². The summed E-state index contributed by atoms with van der Waals surface area (Å²) in [5.74, 6) is 0.871. The fourth-order valence-corrected chi connectivity index (χ4v) is 3.00. The van der Waals surface area contributed by atoms with Gasteiger partial charge in [-0.05, 0) is 37.1 Å². The van der Waals surface area contributed by atoms with Crippen molar-refractivity contribution in [3.63, 3.8) is 0 Å². The van der Waals surface area contributed by atoms with Gasteiger partial charge in [0.25, 0.3) is 0 Å². The zero-order valence-corrected chi connectivity index (χ0v) is 13.8. The lowest BCUT2D eigenvalue weighted by atomic mass is 10.1. The Morgan fingerprint density at radius 3 is 2.25 bits per heavy atom. The molecule has 5 nitrogen and oxygen atoms in total. The third-order valence-electron chi connectivity index (χ3n) is 4.26. The zero-order chi connectivity index (χ0) is 16.6. The summed E-state index contributed by atoms with van der Waals surface area (Å²) in [5, 5.41) is 9.08. The van der Waals surface area contributed by atoms with E-state index in [-0.39, 0.29) is 6.03 Å². The third-order valence-corrected chi connectivity index (χ3v) is 4.26. The minimum Gasteiger partial charge on any atom is -0.367 e. The van der Waals surface area contributed by atoms with Gasteiger partial charge in [-0.1, -0.05) is 43.9 Å². The molecule has 126 valence electrons. The molecule has 3 rings (SSSR count). The Labute approximate surface area is 142 Å². The molecule has 1 saturated carbocycles. The molecule has 1 heterocycles. The highest BCUT2D eigenvalue weighted by molar-refractivity contribution is 5.99. The van der Waals surface area contributed by atoms with Gasteiger partial charge in [0.15, 0.2) is 0 Å². The van der Waals surface area contributed by atoms with E-state index in [2.05, 4.69) is 20.9 Å². The maximum atomic E-state index is 12.0. The van der Waals surface area contributed by atoms with Crippen LogP contribution >= 0.6 is 0 Å². The number of hydrogen-bond donors (Lipinski definition) is 3. The number of nitrogens with zero attached hydrogens (tertiary/aromatic N) is 1. The van der Waals surface area contributed by atoms with Gasteiger partial charge in [-0.2, -0.15) is 0 Å². The predicted molar refractivity (Wildman–Crippen MR) is 98.4 cm³/mol. The lowest BCUT2D eigenvalue weighted by Crippen LogP contribution is -2.20. The average molecular weight is 324 g/mol. The molecule has 1 aliphatic carbocycles. The molecule has 2 amide bonds. The number of rotatable bonds is 4. The Hall–Kier alpha value is -2.56. The number of benzene rings is 1. The summed E-state index contributed by atoms with van der Waals surface area (Å²) in [6, 6.07) is 13.4. The highest BCUT2D eigenvalue weighted by Crippen LogP contribution is 2.21. The van der Waals surface area contributed by atoms with E-state index in [4.69, 9.17) is 0 Å². The van der Waals surface area contributed by atoms with Crippen molar-refractivity contribution in [1.82, 2.24) is 4.98 Å². The monoisotopic (exact) mass is 324 g/mol. The highest BCUT2D eigenvalue weighted by atomic mass is 16.2. The Balaban J connectivity index is 1.51.